The molecule has 1 amide bonds. The van der Waals surface area contributed by atoms with Gasteiger partial charge in [0.05, 0.1) is 33.8 Å². The van der Waals surface area contributed by atoms with Gasteiger partial charge in [-0.2, -0.15) is 0 Å². The van der Waals surface area contributed by atoms with Crippen LogP contribution < -0.4 is 10.2 Å². The molecule has 0 heterocycles. The van der Waals surface area contributed by atoms with Gasteiger partial charge in [-0.15, -0.1) is 0 Å². The van der Waals surface area contributed by atoms with Crippen molar-refractivity contribution in [3.63, 3.8) is 0 Å². The molecule has 70 heavy (non-hydrogen) atoms. The van der Waals surface area contributed by atoms with Crippen LogP contribution in [0.4, 0.5) is 0 Å². The van der Waals surface area contributed by atoms with Crippen LogP contribution in [-0.4, -0.2) is 69.4 Å². The van der Waals surface area contributed by atoms with Crippen molar-refractivity contribution >= 4 is 19.7 Å². The molecule has 0 aliphatic heterocycles. The normalized spacial score (nSPS) is 13.8. The zero-order valence-electron chi connectivity index (χ0n) is 47.5. The van der Waals surface area contributed by atoms with Crippen molar-refractivity contribution in [2.75, 3.05) is 40.9 Å². The summed E-state index contributed by atoms with van der Waals surface area (Å²) < 4.78 is 30.3. The number of hydrogen-bond donors (Lipinski definition) is 1. The molecule has 9 nitrogen and oxygen atoms in total. The summed E-state index contributed by atoms with van der Waals surface area (Å²) in [6, 6.07) is -0.878. The number of likely N-dealkylation sites (N-methyl/N-ethyl adjacent to an activating group) is 1. The van der Waals surface area contributed by atoms with Gasteiger partial charge < -0.3 is 28.5 Å². The Morgan fingerprint density at radius 1 is 0.486 bits per heavy atom. The van der Waals surface area contributed by atoms with Gasteiger partial charge in [0.15, 0.2) is 0 Å². The van der Waals surface area contributed by atoms with Crippen LogP contribution in [0.2, 0.25) is 0 Å². The fraction of sp³-hybridized carbons (Fsp3) is 0.933. The van der Waals surface area contributed by atoms with Gasteiger partial charge in [0.25, 0.3) is 7.82 Å². The number of hydrogen-bond acceptors (Lipinski definition) is 7. The smallest absolute Gasteiger partial charge is 0.306 e. The molecule has 0 fully saturated rings. The fourth-order valence-corrected chi connectivity index (χ4v) is 9.95. The summed E-state index contributed by atoms with van der Waals surface area (Å²) in [6.45, 7) is 6.89. The largest absolute Gasteiger partial charge is 0.756 e. The van der Waals surface area contributed by atoms with E-state index in [1.165, 1.54) is 218 Å². The Kier molecular flexibility index (Phi) is 50.3. The third kappa shape index (κ3) is 51.6. The number of nitrogens with zero attached hydrogens (tertiary/aromatic N) is 1. The molecule has 0 bridgehead atoms. The van der Waals surface area contributed by atoms with Crippen LogP contribution in [-0.2, 0) is 27.9 Å². The number of allylic oxidation sites excluding steroid dienone is 1. The van der Waals surface area contributed by atoms with Crippen molar-refractivity contribution in [1.29, 1.82) is 0 Å². The molecule has 10 heteroatoms. The topological polar surface area (TPSA) is 114 Å². The summed E-state index contributed by atoms with van der Waals surface area (Å²) in [5.74, 6) is -0.520. The summed E-state index contributed by atoms with van der Waals surface area (Å²) in [5, 5.41) is 3.03. The van der Waals surface area contributed by atoms with E-state index >= 15 is 0 Å². The second kappa shape index (κ2) is 51.2. The van der Waals surface area contributed by atoms with Crippen LogP contribution >= 0.6 is 7.82 Å². The van der Waals surface area contributed by atoms with E-state index in [4.69, 9.17) is 13.8 Å². The average molecular weight is 1010 g/mol. The maximum Gasteiger partial charge on any atom is 0.306 e. The number of carbonyl (C=O) groups excluding carboxylic acids is 2. The number of phosphoric ester groups is 1. The number of ether oxygens (including phenoxy) is 1. The molecule has 0 aliphatic rings. The van der Waals surface area contributed by atoms with Crippen molar-refractivity contribution < 1.29 is 37.3 Å². The average Bonchev–Trinajstić information content (AvgIpc) is 3.32. The van der Waals surface area contributed by atoms with E-state index in [0.717, 1.165) is 57.8 Å². The van der Waals surface area contributed by atoms with E-state index in [2.05, 4.69) is 26.1 Å². The van der Waals surface area contributed by atoms with E-state index < -0.39 is 20.0 Å². The predicted octanol–water partition coefficient (Wildman–Crippen LogP) is 17.8. The summed E-state index contributed by atoms with van der Waals surface area (Å²) in [4.78, 5) is 39.9. The lowest BCUT2D eigenvalue weighted by Crippen LogP contribution is -2.47. The van der Waals surface area contributed by atoms with Gasteiger partial charge in [0, 0.05) is 12.8 Å². The highest BCUT2D eigenvalue weighted by atomic mass is 31.2. The van der Waals surface area contributed by atoms with Gasteiger partial charge in [-0.05, 0) is 31.8 Å². The molecular formula is C60H119N2O7P. The Labute approximate surface area is 435 Å². The first kappa shape index (κ1) is 68.8. The van der Waals surface area contributed by atoms with E-state index in [1.807, 2.05) is 33.3 Å². The third-order valence-electron chi connectivity index (χ3n) is 14.0. The van der Waals surface area contributed by atoms with Crippen molar-refractivity contribution in [1.82, 2.24) is 5.32 Å². The van der Waals surface area contributed by atoms with Crippen LogP contribution in [0.1, 0.15) is 310 Å². The molecule has 1 N–H and O–H groups in total. The van der Waals surface area contributed by atoms with Gasteiger partial charge in [-0.25, -0.2) is 0 Å². The predicted molar refractivity (Wildman–Crippen MR) is 298 cm³/mol. The molecule has 0 radical (unpaired) electrons. The lowest BCUT2D eigenvalue weighted by atomic mass is 10.0. The van der Waals surface area contributed by atoms with Gasteiger partial charge in [-0.1, -0.05) is 277 Å². The van der Waals surface area contributed by atoms with E-state index in [9.17, 15) is 19.0 Å². The van der Waals surface area contributed by atoms with Crippen LogP contribution in [0.5, 0.6) is 0 Å². The Balaban J connectivity index is 5.27. The Hall–Kier alpha value is -1.25. The fourth-order valence-electron chi connectivity index (χ4n) is 9.23. The van der Waals surface area contributed by atoms with Crippen molar-refractivity contribution in [2.45, 2.75) is 322 Å². The number of phosphoric acid groups is 1. The molecule has 0 aliphatic carbocycles. The van der Waals surface area contributed by atoms with Crippen LogP contribution in [0.3, 0.4) is 0 Å². The maximum atomic E-state index is 13.5. The molecule has 0 saturated heterocycles. The minimum Gasteiger partial charge on any atom is -0.756 e. The Morgan fingerprint density at radius 3 is 1.17 bits per heavy atom. The van der Waals surface area contributed by atoms with Crippen molar-refractivity contribution in [3.05, 3.63) is 12.2 Å². The monoisotopic (exact) mass is 1010 g/mol. The molecule has 0 aromatic rings. The quantitative estimate of drug-likeness (QED) is 0.0212. The number of esters is 1. The second-order valence-corrected chi connectivity index (χ2v) is 23.6. The van der Waals surface area contributed by atoms with Gasteiger partial charge in [0.1, 0.15) is 19.3 Å². The van der Waals surface area contributed by atoms with Crippen molar-refractivity contribution in [2.24, 2.45) is 0 Å². The molecular weight excluding hydrogens is 892 g/mol. The molecule has 416 valence electrons. The maximum absolute atomic E-state index is 13.5. The molecule has 3 unspecified atom stereocenters. The number of unbranched alkanes of at least 4 members (excludes halogenated alkanes) is 40. The van der Waals surface area contributed by atoms with Crippen LogP contribution in [0, 0.1) is 0 Å². The second-order valence-electron chi connectivity index (χ2n) is 22.2. The van der Waals surface area contributed by atoms with Crippen molar-refractivity contribution in [3.8, 4) is 0 Å². The molecule has 3 atom stereocenters. The Bertz CT molecular complexity index is 1210. The van der Waals surface area contributed by atoms with Gasteiger partial charge in [-0.3, -0.25) is 14.2 Å². The summed E-state index contributed by atoms with van der Waals surface area (Å²) in [7, 11) is 1.21. The van der Waals surface area contributed by atoms with Crippen LogP contribution in [0.15, 0.2) is 12.2 Å². The number of rotatable bonds is 56. The van der Waals surface area contributed by atoms with E-state index in [1.54, 1.807) is 0 Å². The molecule has 0 aromatic carbocycles. The summed E-state index contributed by atoms with van der Waals surface area (Å²) >= 11 is 0. The zero-order chi connectivity index (χ0) is 51.5. The zero-order valence-corrected chi connectivity index (χ0v) is 48.4. The number of amides is 1. The lowest BCUT2D eigenvalue weighted by Gasteiger charge is -2.30. The van der Waals surface area contributed by atoms with Gasteiger partial charge >= 0.3 is 5.97 Å². The first-order valence-corrected chi connectivity index (χ1v) is 32.0. The summed E-state index contributed by atoms with van der Waals surface area (Å²) in [6.07, 6.45) is 57.4. The highest BCUT2D eigenvalue weighted by Crippen LogP contribution is 2.38. The molecule has 0 saturated carbocycles. The first-order chi connectivity index (χ1) is 33.9. The van der Waals surface area contributed by atoms with Gasteiger partial charge in [0.2, 0.25) is 5.91 Å². The molecule has 0 aromatic heterocycles. The van der Waals surface area contributed by atoms with E-state index in [-0.39, 0.29) is 31.5 Å². The standard InChI is InChI=1S/C60H119N2O7P/c1-7-10-13-16-19-22-25-28-30-31-32-35-38-41-44-47-50-53-60(64)69-58(51-48-45-42-39-36-33-27-24-21-18-15-12-9-3)57(56-68-70(65,66)67-55-54-62(4,5)6)61-59(63)52-49-46-43-40-37-34-29-26-23-20-17-14-11-8-2/h48,51,57-58H,7-47,49-50,52-56H2,1-6H3,(H-,61,63,65,66)/b51-48+. The minimum atomic E-state index is -4.69. The van der Waals surface area contributed by atoms with Crippen LogP contribution in [0.25, 0.3) is 0 Å². The highest BCUT2D eigenvalue weighted by molar-refractivity contribution is 7.45. The Morgan fingerprint density at radius 2 is 0.814 bits per heavy atom. The van der Waals surface area contributed by atoms with E-state index in [0.29, 0.717) is 17.4 Å². The molecule has 0 rings (SSSR count). The summed E-state index contributed by atoms with van der Waals surface area (Å²) in [5.41, 5.74) is 0. The third-order valence-corrected chi connectivity index (χ3v) is 14.9. The first-order valence-electron chi connectivity index (χ1n) is 30.5. The SMILES string of the molecule is CCCCCCCCCCCCC/C=C/C(OC(=O)CCCCCCCCCCCCCCCCCCC)C(COP(=O)([O-])OCC[N+](C)(C)C)NC(=O)CCCCCCCCCCCCCCCC. The minimum absolute atomic E-state index is 0.0168. The number of quaternary nitrogens is 1. The highest BCUT2D eigenvalue weighted by Gasteiger charge is 2.27. The lowest BCUT2D eigenvalue weighted by molar-refractivity contribution is -0.870. The molecule has 0 spiro atoms. The number of nitrogens with one attached hydrogen (secondary N) is 1. The number of carbonyl (C=O) groups is 2.